The van der Waals surface area contributed by atoms with Gasteiger partial charge in [0.05, 0.1) is 30.2 Å². The predicted octanol–water partition coefficient (Wildman–Crippen LogP) is 8.05. The third kappa shape index (κ3) is 7.90. The number of allylic oxidation sites excluding steroid dienone is 2. The summed E-state index contributed by atoms with van der Waals surface area (Å²) in [7, 11) is -2.64. The average Bonchev–Trinajstić information content (AvgIpc) is 3.33. The highest BCUT2D eigenvalue weighted by molar-refractivity contribution is 7.89. The van der Waals surface area contributed by atoms with Crippen LogP contribution < -0.4 is 4.74 Å². The van der Waals surface area contributed by atoms with E-state index in [1.54, 1.807) is 27.9 Å². The molecule has 3 aromatic carbocycles. The van der Waals surface area contributed by atoms with E-state index in [1.807, 2.05) is 42.5 Å². The number of hydrogen-bond donors (Lipinski definition) is 0. The zero-order chi connectivity index (χ0) is 34.8. The van der Waals surface area contributed by atoms with E-state index in [0.29, 0.717) is 66.7 Å². The Morgan fingerprint density at radius 3 is 2.31 bits per heavy atom. The Morgan fingerprint density at radius 2 is 1.69 bits per heavy atom. The molecule has 0 spiro atoms. The van der Waals surface area contributed by atoms with Gasteiger partial charge in [-0.15, -0.1) is 0 Å². The van der Waals surface area contributed by atoms with Crippen molar-refractivity contribution >= 4 is 39.1 Å². The highest BCUT2D eigenvalue weighted by atomic mass is 35.5. The zero-order valence-corrected chi connectivity index (χ0v) is 30.0. The molecular formula is C38H44ClNO7S. The van der Waals surface area contributed by atoms with Crippen molar-refractivity contribution in [1.29, 1.82) is 0 Å². The molecule has 10 heteroatoms. The molecular weight excluding hydrogens is 650 g/mol. The number of hydrogen-bond acceptors (Lipinski definition) is 7. The quantitative estimate of drug-likeness (QED) is 0.212. The first-order valence-electron chi connectivity index (χ1n) is 16.3. The highest BCUT2D eigenvalue weighted by Gasteiger charge is 2.41. The number of carbonyl (C=O) groups excluding carboxylic acids is 2. The summed E-state index contributed by atoms with van der Waals surface area (Å²) in [5, 5.41) is 0.391. The molecule has 5 rings (SSSR count). The first-order valence-corrected chi connectivity index (χ1v) is 18.2. The second-order valence-corrected chi connectivity index (χ2v) is 16.1. The summed E-state index contributed by atoms with van der Waals surface area (Å²) in [5.74, 6) is 1.49. The van der Waals surface area contributed by atoms with E-state index in [4.69, 9.17) is 25.8 Å². The lowest BCUT2D eigenvalue weighted by Gasteiger charge is -2.36. The van der Waals surface area contributed by atoms with Crippen LogP contribution in [0.2, 0.25) is 5.02 Å². The van der Waals surface area contributed by atoms with Gasteiger partial charge in [0.2, 0.25) is 0 Å². The number of rotatable bonds is 10. The van der Waals surface area contributed by atoms with Crippen molar-refractivity contribution in [2.45, 2.75) is 83.3 Å². The molecule has 0 N–H and O–H groups in total. The van der Waals surface area contributed by atoms with Gasteiger partial charge in [0, 0.05) is 17.4 Å². The van der Waals surface area contributed by atoms with Gasteiger partial charge in [-0.25, -0.2) is 13.2 Å². The third-order valence-corrected chi connectivity index (χ3v) is 10.7. The highest BCUT2D eigenvalue weighted by Crippen LogP contribution is 2.40. The van der Waals surface area contributed by atoms with Gasteiger partial charge < -0.3 is 14.2 Å². The zero-order valence-electron chi connectivity index (χ0n) is 28.4. The number of halogens is 1. The van der Waals surface area contributed by atoms with Crippen molar-refractivity contribution in [3.8, 4) is 5.75 Å². The number of benzene rings is 3. The Bertz CT molecular complexity index is 1790. The van der Waals surface area contributed by atoms with Crippen LogP contribution in [0.3, 0.4) is 0 Å². The van der Waals surface area contributed by atoms with E-state index in [1.165, 1.54) is 24.3 Å². The minimum Gasteiger partial charge on any atom is -0.497 e. The van der Waals surface area contributed by atoms with Crippen LogP contribution in [-0.2, 0) is 43.6 Å². The van der Waals surface area contributed by atoms with Gasteiger partial charge in [0.25, 0.3) is 10.0 Å². The molecule has 2 unspecified atom stereocenters. The van der Waals surface area contributed by atoms with E-state index >= 15 is 0 Å². The van der Waals surface area contributed by atoms with Crippen molar-refractivity contribution in [1.82, 2.24) is 4.31 Å². The summed E-state index contributed by atoms with van der Waals surface area (Å²) in [6.07, 6.45) is 1.40. The smallest absolute Gasteiger partial charge is 0.424 e. The van der Waals surface area contributed by atoms with Gasteiger partial charge in [-0.05, 0) is 111 Å². The van der Waals surface area contributed by atoms with E-state index in [9.17, 15) is 18.0 Å². The minimum absolute atomic E-state index is 0.0345. The van der Waals surface area contributed by atoms with Gasteiger partial charge >= 0.3 is 6.09 Å². The summed E-state index contributed by atoms with van der Waals surface area (Å²) >= 11 is 6.03. The topological polar surface area (TPSA) is 99.2 Å². The molecule has 0 saturated heterocycles. The van der Waals surface area contributed by atoms with E-state index in [2.05, 4.69) is 13.8 Å². The Labute approximate surface area is 289 Å². The van der Waals surface area contributed by atoms with E-state index in [0.717, 1.165) is 26.6 Å². The molecule has 2 aliphatic rings. The maximum Gasteiger partial charge on any atom is 0.424 e. The predicted molar refractivity (Wildman–Crippen MR) is 186 cm³/mol. The van der Waals surface area contributed by atoms with Crippen LogP contribution in [0.1, 0.15) is 69.7 Å². The molecule has 2 aliphatic carbocycles. The number of amides is 1. The lowest BCUT2D eigenvalue weighted by molar-refractivity contribution is -0.116. The fraction of sp³-hybridized carbons (Fsp3) is 0.421. The number of ether oxygens (including phenoxy) is 3. The standard InChI is InChI=1S/C38H44ClNO7S/c1-24(2)23-46-34-22-28(36(41)35(34)25-10-15-31(45-6)16-11-25)20-26-8-7-9-27-21-30(14-19-33(26)27)40(37(42)47-38(3,4)5)48(43,44)32-17-12-29(39)13-18-32/h7-13,15-18,24,28,30H,14,19-23H2,1-6H3. The number of ketones is 1. The average molecular weight is 694 g/mol. The number of sulfonamides is 1. The van der Waals surface area contributed by atoms with Crippen LogP contribution in [0.15, 0.2) is 77.4 Å². The van der Waals surface area contributed by atoms with Gasteiger partial charge in [0.1, 0.15) is 17.1 Å². The minimum atomic E-state index is -4.25. The van der Waals surface area contributed by atoms with Crippen molar-refractivity contribution < 1.29 is 32.2 Å². The largest absolute Gasteiger partial charge is 0.497 e. The number of Topliss-reactive ketones (excluding diaryl/α,β-unsaturated/α-hetero) is 1. The molecule has 0 radical (unpaired) electrons. The van der Waals surface area contributed by atoms with Gasteiger partial charge in [0.15, 0.2) is 5.78 Å². The van der Waals surface area contributed by atoms with Crippen molar-refractivity contribution in [3.63, 3.8) is 0 Å². The maximum atomic E-state index is 14.0. The molecule has 0 aromatic heterocycles. The van der Waals surface area contributed by atoms with E-state index in [-0.39, 0.29) is 16.6 Å². The van der Waals surface area contributed by atoms with Crippen LogP contribution in [0.4, 0.5) is 4.79 Å². The fourth-order valence-electron chi connectivity index (χ4n) is 6.38. The molecule has 2 atom stereocenters. The second kappa shape index (κ2) is 14.3. The molecule has 0 bridgehead atoms. The first kappa shape index (κ1) is 35.5. The number of nitrogens with zero attached hydrogens (tertiary/aromatic N) is 1. The monoisotopic (exact) mass is 693 g/mol. The Hall–Kier alpha value is -3.82. The lowest BCUT2D eigenvalue weighted by Crippen LogP contribution is -2.49. The summed E-state index contributed by atoms with van der Waals surface area (Å²) < 4.78 is 46.0. The van der Waals surface area contributed by atoms with Crippen molar-refractivity contribution in [2.24, 2.45) is 11.8 Å². The molecule has 0 aliphatic heterocycles. The van der Waals surface area contributed by atoms with Gasteiger partial charge in [-0.2, -0.15) is 4.31 Å². The summed E-state index contributed by atoms with van der Waals surface area (Å²) in [6.45, 7) is 9.80. The molecule has 0 fully saturated rings. The lowest BCUT2D eigenvalue weighted by atomic mass is 9.82. The second-order valence-electron chi connectivity index (χ2n) is 13.9. The normalized spacial score (nSPS) is 18.1. The first-order chi connectivity index (χ1) is 22.7. The van der Waals surface area contributed by atoms with Crippen LogP contribution in [-0.4, -0.2) is 50.0 Å². The van der Waals surface area contributed by atoms with Crippen molar-refractivity contribution in [3.05, 3.63) is 99.8 Å². The fourth-order valence-corrected chi connectivity index (χ4v) is 8.02. The van der Waals surface area contributed by atoms with Gasteiger partial charge in [-0.3, -0.25) is 4.79 Å². The number of methoxy groups -OCH3 is 1. The Morgan fingerprint density at radius 1 is 1.00 bits per heavy atom. The SMILES string of the molecule is COc1ccc(C2=C(OCC(C)C)CC(Cc3cccc4c3CCC(N(C(=O)OC(C)(C)C)S(=O)(=O)c3ccc(Cl)cc3)C4)C2=O)cc1. The van der Waals surface area contributed by atoms with Crippen LogP contribution >= 0.6 is 11.6 Å². The molecule has 256 valence electrons. The molecule has 48 heavy (non-hydrogen) atoms. The van der Waals surface area contributed by atoms with Crippen molar-refractivity contribution in [2.75, 3.05) is 13.7 Å². The number of fused-ring (bicyclic) bond motifs is 1. The Kier molecular flexibility index (Phi) is 10.6. The van der Waals surface area contributed by atoms with Gasteiger partial charge in [-0.1, -0.05) is 55.8 Å². The van der Waals surface area contributed by atoms with Crippen LogP contribution in [0.5, 0.6) is 5.75 Å². The third-order valence-electron chi connectivity index (χ3n) is 8.59. The molecule has 0 heterocycles. The molecule has 3 aromatic rings. The van der Waals surface area contributed by atoms with Crippen LogP contribution in [0.25, 0.3) is 5.57 Å². The number of carbonyl (C=O) groups is 2. The summed E-state index contributed by atoms with van der Waals surface area (Å²) in [6, 6.07) is 18.6. The van der Waals surface area contributed by atoms with Crippen LogP contribution in [0, 0.1) is 11.8 Å². The molecule has 8 nitrogen and oxygen atoms in total. The molecule has 1 amide bonds. The Balaban J connectivity index is 1.41. The summed E-state index contributed by atoms with van der Waals surface area (Å²) in [4.78, 5) is 27.5. The maximum absolute atomic E-state index is 14.0. The summed E-state index contributed by atoms with van der Waals surface area (Å²) in [5.41, 5.74) is 3.63. The van der Waals surface area contributed by atoms with E-state index < -0.39 is 27.8 Å². The molecule has 0 saturated carbocycles.